The highest BCUT2D eigenvalue weighted by atomic mass is 127. The van der Waals surface area contributed by atoms with Crippen LogP contribution in [0.15, 0.2) is 36.4 Å². The average molecular weight is 512 g/mol. The molecule has 5 rings (SSSR count). The lowest BCUT2D eigenvalue weighted by molar-refractivity contribution is 0.0618. The van der Waals surface area contributed by atoms with Crippen molar-refractivity contribution in [2.45, 2.75) is 25.5 Å². The number of carbonyl (C=O) groups excluding carboxylic acids is 1. The number of ether oxygens (including phenoxy) is 1. The number of piperidine rings is 3. The average Bonchev–Trinajstić information content (AvgIpc) is 2.69. The van der Waals surface area contributed by atoms with Crippen molar-refractivity contribution in [2.75, 3.05) is 25.4 Å². The fourth-order valence-electron chi connectivity index (χ4n) is 4.03. The van der Waals surface area contributed by atoms with E-state index >= 15 is 0 Å². The van der Waals surface area contributed by atoms with Gasteiger partial charge in [0.1, 0.15) is 12.4 Å². The summed E-state index contributed by atoms with van der Waals surface area (Å²) in [6, 6.07) is 11.5. The third-order valence-electron chi connectivity index (χ3n) is 5.60. The van der Waals surface area contributed by atoms with Crippen LogP contribution >= 0.6 is 34.2 Å². The lowest BCUT2D eigenvalue weighted by Gasteiger charge is -2.44. The number of carbonyl (C=O) groups is 1. The number of benzene rings is 2. The Morgan fingerprint density at radius 1 is 1.29 bits per heavy atom. The van der Waals surface area contributed by atoms with Crippen molar-refractivity contribution in [3.05, 3.63) is 56.1 Å². The maximum atomic E-state index is 13.0. The minimum absolute atomic E-state index is 0.154. The summed E-state index contributed by atoms with van der Waals surface area (Å²) in [5.74, 6) is 0.854. The van der Waals surface area contributed by atoms with Gasteiger partial charge in [-0.2, -0.15) is 0 Å². The summed E-state index contributed by atoms with van der Waals surface area (Å²) in [6.45, 7) is 3.54. The molecule has 3 aliphatic rings. The van der Waals surface area contributed by atoms with Gasteiger partial charge in [0.15, 0.2) is 0 Å². The molecule has 3 saturated heterocycles. The van der Waals surface area contributed by atoms with Gasteiger partial charge >= 0.3 is 0 Å². The number of hydrogen-bond donors (Lipinski definition) is 2. The second-order valence-corrected chi connectivity index (χ2v) is 9.16. The van der Waals surface area contributed by atoms with E-state index in [2.05, 4.69) is 32.8 Å². The molecule has 3 N–H and O–H groups in total. The van der Waals surface area contributed by atoms with Crippen molar-refractivity contribution in [3.63, 3.8) is 0 Å². The van der Waals surface area contributed by atoms with Crippen LogP contribution in [0, 0.1) is 9.49 Å². The van der Waals surface area contributed by atoms with E-state index in [1.165, 1.54) is 0 Å². The summed E-state index contributed by atoms with van der Waals surface area (Å²) in [5, 5.41) is 3.56. The van der Waals surface area contributed by atoms with Crippen LogP contribution in [0.25, 0.3) is 0 Å². The van der Waals surface area contributed by atoms with Crippen molar-refractivity contribution in [1.82, 2.24) is 10.2 Å². The van der Waals surface area contributed by atoms with Crippen LogP contribution in [-0.4, -0.2) is 36.5 Å². The van der Waals surface area contributed by atoms with Crippen molar-refractivity contribution in [2.24, 2.45) is 5.92 Å². The van der Waals surface area contributed by atoms with Gasteiger partial charge in [0.25, 0.3) is 5.91 Å². The second-order valence-electron chi connectivity index (χ2n) is 7.51. The largest absolute Gasteiger partial charge is 0.488 e. The highest BCUT2D eigenvalue weighted by Crippen LogP contribution is 2.31. The van der Waals surface area contributed by atoms with Gasteiger partial charge in [-0.15, -0.1) is 0 Å². The molecule has 3 aliphatic heterocycles. The van der Waals surface area contributed by atoms with Crippen LogP contribution < -0.4 is 15.8 Å². The maximum Gasteiger partial charge on any atom is 0.255 e. The molecule has 3 heterocycles. The first kappa shape index (κ1) is 19.8. The van der Waals surface area contributed by atoms with Crippen LogP contribution in [-0.2, 0) is 6.61 Å². The molecule has 3 fully saturated rings. The van der Waals surface area contributed by atoms with E-state index in [1.54, 1.807) is 12.1 Å². The molecular formula is C21H23ClIN3O2. The number of anilines is 1. The Kier molecular flexibility index (Phi) is 5.99. The molecule has 0 saturated carbocycles. The first-order valence-electron chi connectivity index (χ1n) is 9.49. The molecule has 28 heavy (non-hydrogen) atoms. The van der Waals surface area contributed by atoms with Gasteiger partial charge < -0.3 is 20.7 Å². The summed E-state index contributed by atoms with van der Waals surface area (Å²) in [6.07, 6.45) is 2.28. The van der Waals surface area contributed by atoms with Crippen LogP contribution in [0.4, 0.5) is 5.69 Å². The van der Waals surface area contributed by atoms with Crippen LogP contribution in [0.2, 0.25) is 5.02 Å². The van der Waals surface area contributed by atoms with E-state index in [1.807, 2.05) is 24.3 Å². The molecule has 0 unspecified atom stereocenters. The molecule has 1 atom stereocenters. The Labute approximate surface area is 183 Å². The predicted molar refractivity (Wildman–Crippen MR) is 120 cm³/mol. The molecule has 0 spiro atoms. The number of fused-ring (bicyclic) bond motifs is 3. The van der Waals surface area contributed by atoms with E-state index < -0.39 is 0 Å². The number of nitrogen functional groups attached to an aromatic ring is 1. The SMILES string of the molecule is Nc1cc(OCc2cccc(I)c2)c(C(=O)N[C@H]2CN3CCC2CC3)cc1Cl. The molecule has 7 heteroatoms. The normalized spacial score (nSPS) is 23.4. The van der Waals surface area contributed by atoms with E-state index in [0.717, 1.165) is 41.6 Å². The smallest absolute Gasteiger partial charge is 0.255 e. The number of nitrogens with zero attached hydrogens (tertiary/aromatic N) is 1. The van der Waals surface area contributed by atoms with Gasteiger partial charge in [-0.3, -0.25) is 4.79 Å². The Balaban J connectivity index is 1.52. The third kappa shape index (κ3) is 4.39. The number of amides is 1. The van der Waals surface area contributed by atoms with Crippen LogP contribution in [0.5, 0.6) is 5.75 Å². The predicted octanol–water partition coefficient (Wildman–Crippen LogP) is 3.93. The lowest BCUT2D eigenvalue weighted by Crippen LogP contribution is -2.57. The number of halogens is 2. The number of rotatable bonds is 5. The summed E-state index contributed by atoms with van der Waals surface area (Å²) in [5.41, 5.74) is 7.83. The fourth-order valence-corrected chi connectivity index (χ4v) is 4.80. The molecule has 1 amide bonds. The van der Waals surface area contributed by atoms with E-state index in [4.69, 9.17) is 22.1 Å². The molecule has 2 bridgehead atoms. The van der Waals surface area contributed by atoms with Crippen molar-refractivity contribution < 1.29 is 9.53 Å². The van der Waals surface area contributed by atoms with Crippen molar-refractivity contribution in [3.8, 4) is 5.75 Å². The van der Waals surface area contributed by atoms with Gasteiger partial charge in [-0.25, -0.2) is 0 Å². The summed E-state index contributed by atoms with van der Waals surface area (Å²) >= 11 is 8.47. The molecule has 2 aromatic rings. The minimum Gasteiger partial charge on any atom is -0.488 e. The van der Waals surface area contributed by atoms with E-state index in [0.29, 0.717) is 34.5 Å². The molecule has 0 radical (unpaired) electrons. The summed E-state index contributed by atoms with van der Waals surface area (Å²) in [4.78, 5) is 15.4. The number of nitrogens with two attached hydrogens (primary N) is 1. The molecular weight excluding hydrogens is 489 g/mol. The highest BCUT2D eigenvalue weighted by molar-refractivity contribution is 14.1. The summed E-state index contributed by atoms with van der Waals surface area (Å²) in [7, 11) is 0. The Hall–Kier alpha value is -1.51. The molecule has 0 aliphatic carbocycles. The second kappa shape index (κ2) is 8.47. The number of nitrogens with one attached hydrogen (secondary N) is 1. The monoisotopic (exact) mass is 511 g/mol. The third-order valence-corrected chi connectivity index (χ3v) is 6.60. The van der Waals surface area contributed by atoms with E-state index in [-0.39, 0.29) is 11.9 Å². The van der Waals surface area contributed by atoms with Gasteiger partial charge in [0.2, 0.25) is 0 Å². The fraction of sp³-hybridized carbons (Fsp3) is 0.381. The van der Waals surface area contributed by atoms with E-state index in [9.17, 15) is 4.79 Å². The Morgan fingerprint density at radius 3 is 2.75 bits per heavy atom. The first-order valence-corrected chi connectivity index (χ1v) is 10.9. The zero-order valence-electron chi connectivity index (χ0n) is 15.5. The zero-order chi connectivity index (χ0) is 19.7. The Bertz CT molecular complexity index is 884. The van der Waals surface area contributed by atoms with Crippen LogP contribution in [0.1, 0.15) is 28.8 Å². The maximum absolute atomic E-state index is 13.0. The Morgan fingerprint density at radius 2 is 2.07 bits per heavy atom. The molecule has 148 valence electrons. The molecule has 5 nitrogen and oxygen atoms in total. The van der Waals surface area contributed by atoms with Gasteiger partial charge in [0, 0.05) is 22.2 Å². The van der Waals surface area contributed by atoms with Gasteiger partial charge in [-0.1, -0.05) is 23.7 Å². The van der Waals surface area contributed by atoms with Crippen LogP contribution in [0.3, 0.4) is 0 Å². The first-order chi connectivity index (χ1) is 13.5. The number of hydrogen-bond acceptors (Lipinski definition) is 4. The standard InChI is InChI=1S/C21H23ClIN3O2/c22-17-9-16(21(27)25-19-11-26-6-4-14(19)5-7-26)20(10-18(17)24)28-12-13-2-1-3-15(23)8-13/h1-3,8-10,14,19H,4-7,11-12,24H2,(H,25,27)/t19-/m0/s1. The molecule has 2 aromatic carbocycles. The highest BCUT2D eigenvalue weighted by Gasteiger charge is 2.35. The van der Waals surface area contributed by atoms with Gasteiger partial charge in [-0.05, 0) is 78.2 Å². The molecule has 0 aromatic heterocycles. The van der Waals surface area contributed by atoms with Gasteiger partial charge in [0.05, 0.1) is 16.3 Å². The van der Waals surface area contributed by atoms with Crippen molar-refractivity contribution in [1.29, 1.82) is 0 Å². The van der Waals surface area contributed by atoms with Crippen molar-refractivity contribution >= 4 is 45.8 Å². The zero-order valence-corrected chi connectivity index (χ0v) is 18.4. The summed E-state index contributed by atoms with van der Waals surface area (Å²) < 4.78 is 7.11. The minimum atomic E-state index is -0.154. The quantitative estimate of drug-likeness (QED) is 0.472. The topological polar surface area (TPSA) is 67.6 Å². The lowest BCUT2D eigenvalue weighted by atomic mass is 9.84.